The summed E-state index contributed by atoms with van der Waals surface area (Å²) in [6.45, 7) is 5.11. The Kier molecular flexibility index (Phi) is 4.20. The molecule has 88 valence electrons. The van der Waals surface area contributed by atoms with E-state index >= 15 is 0 Å². The third kappa shape index (κ3) is 3.22. The van der Waals surface area contributed by atoms with Crippen molar-refractivity contribution in [2.45, 2.75) is 25.7 Å². The Morgan fingerprint density at radius 1 is 1.06 bits per heavy atom. The second kappa shape index (κ2) is 5.88. The van der Waals surface area contributed by atoms with E-state index in [4.69, 9.17) is 0 Å². The standard InChI is InChI=1S/C13H20N2O/c16-13-7-6-12-15(13)11-3-1-2-8-14-9-4-5-10-14/h2-3H,4-12H2. The Bertz CT molecular complexity index is 299. The van der Waals surface area contributed by atoms with E-state index in [0.717, 1.165) is 32.5 Å². The molecule has 0 aromatic carbocycles. The van der Waals surface area contributed by atoms with E-state index in [1.807, 2.05) is 11.0 Å². The smallest absolute Gasteiger partial charge is 0.222 e. The van der Waals surface area contributed by atoms with Crippen LogP contribution in [0.2, 0.25) is 0 Å². The maximum atomic E-state index is 11.3. The molecular weight excluding hydrogens is 200 g/mol. The van der Waals surface area contributed by atoms with E-state index in [1.165, 1.54) is 25.9 Å². The van der Waals surface area contributed by atoms with Crippen LogP contribution in [0.5, 0.6) is 0 Å². The summed E-state index contributed by atoms with van der Waals surface area (Å²) >= 11 is 0. The van der Waals surface area contributed by atoms with Crippen molar-refractivity contribution in [1.82, 2.24) is 9.80 Å². The van der Waals surface area contributed by atoms with Crippen LogP contribution in [0.4, 0.5) is 0 Å². The lowest BCUT2D eigenvalue weighted by molar-refractivity contribution is -0.127. The number of hydrogen-bond acceptors (Lipinski definition) is 2. The summed E-state index contributed by atoms with van der Waals surface area (Å²) in [6.07, 6.45) is 8.46. The monoisotopic (exact) mass is 220 g/mol. The van der Waals surface area contributed by atoms with Crippen LogP contribution in [0.15, 0.2) is 17.9 Å². The van der Waals surface area contributed by atoms with Gasteiger partial charge >= 0.3 is 0 Å². The zero-order chi connectivity index (χ0) is 11.2. The van der Waals surface area contributed by atoms with Crippen molar-refractivity contribution in [1.29, 1.82) is 0 Å². The van der Waals surface area contributed by atoms with E-state index in [-0.39, 0.29) is 5.91 Å². The lowest BCUT2D eigenvalue weighted by Crippen LogP contribution is -2.24. The first-order valence-electron chi connectivity index (χ1n) is 6.26. The molecule has 3 nitrogen and oxygen atoms in total. The number of rotatable bonds is 4. The van der Waals surface area contributed by atoms with Gasteiger partial charge in [0, 0.05) is 26.1 Å². The molecule has 0 aromatic heterocycles. The molecule has 2 rings (SSSR count). The molecule has 2 saturated heterocycles. The van der Waals surface area contributed by atoms with Crippen LogP contribution in [0, 0.1) is 0 Å². The molecule has 0 aliphatic carbocycles. The summed E-state index contributed by atoms with van der Waals surface area (Å²) in [6, 6.07) is 0. The third-order valence-corrected chi connectivity index (χ3v) is 3.27. The summed E-state index contributed by atoms with van der Waals surface area (Å²) in [4.78, 5) is 15.6. The van der Waals surface area contributed by atoms with E-state index in [0.29, 0.717) is 0 Å². The van der Waals surface area contributed by atoms with Gasteiger partial charge in [-0.2, -0.15) is 0 Å². The minimum absolute atomic E-state index is 0.289. The second-order valence-corrected chi connectivity index (χ2v) is 4.53. The van der Waals surface area contributed by atoms with Crippen molar-refractivity contribution in [2.24, 2.45) is 0 Å². The highest BCUT2D eigenvalue weighted by Gasteiger charge is 2.17. The van der Waals surface area contributed by atoms with Gasteiger partial charge in [0.2, 0.25) is 5.91 Å². The third-order valence-electron chi connectivity index (χ3n) is 3.27. The van der Waals surface area contributed by atoms with E-state index in [9.17, 15) is 4.79 Å². The fourth-order valence-corrected chi connectivity index (χ4v) is 2.29. The van der Waals surface area contributed by atoms with Gasteiger partial charge in [-0.3, -0.25) is 9.69 Å². The Morgan fingerprint density at radius 3 is 2.50 bits per heavy atom. The zero-order valence-corrected chi connectivity index (χ0v) is 9.82. The van der Waals surface area contributed by atoms with E-state index in [2.05, 4.69) is 16.7 Å². The van der Waals surface area contributed by atoms with Crippen LogP contribution in [-0.4, -0.2) is 48.4 Å². The Hall–Kier alpha value is -1.05. The quantitative estimate of drug-likeness (QED) is 0.669. The number of carbonyl (C=O) groups is 1. The van der Waals surface area contributed by atoms with Gasteiger partial charge in [-0.25, -0.2) is 0 Å². The molecule has 0 bridgehead atoms. The topological polar surface area (TPSA) is 23.6 Å². The minimum atomic E-state index is 0.289. The van der Waals surface area contributed by atoms with E-state index < -0.39 is 0 Å². The molecule has 2 aliphatic rings. The Balaban J connectivity index is 1.67. The van der Waals surface area contributed by atoms with Crippen molar-refractivity contribution in [3.8, 4) is 0 Å². The van der Waals surface area contributed by atoms with Crippen molar-refractivity contribution in [2.75, 3.05) is 32.7 Å². The van der Waals surface area contributed by atoms with Gasteiger partial charge < -0.3 is 4.90 Å². The highest BCUT2D eigenvalue weighted by molar-refractivity contribution is 5.78. The number of hydrogen-bond donors (Lipinski definition) is 0. The predicted molar refractivity (Wildman–Crippen MR) is 64.1 cm³/mol. The van der Waals surface area contributed by atoms with Crippen molar-refractivity contribution >= 4 is 5.91 Å². The normalized spacial score (nSPS) is 21.2. The molecule has 3 heteroatoms. The van der Waals surface area contributed by atoms with Crippen molar-refractivity contribution in [3.63, 3.8) is 0 Å². The van der Waals surface area contributed by atoms with Crippen LogP contribution in [0.1, 0.15) is 25.7 Å². The molecule has 0 spiro atoms. The van der Waals surface area contributed by atoms with Crippen LogP contribution in [-0.2, 0) is 4.79 Å². The van der Waals surface area contributed by atoms with Crippen LogP contribution in [0.3, 0.4) is 0 Å². The molecule has 16 heavy (non-hydrogen) atoms. The molecule has 0 radical (unpaired) electrons. The molecular formula is C13H20N2O. The number of nitrogens with zero attached hydrogens (tertiary/aromatic N) is 2. The summed E-state index contributed by atoms with van der Waals surface area (Å²) in [7, 11) is 0. The summed E-state index contributed by atoms with van der Waals surface area (Å²) in [5.74, 6) is 0.289. The first kappa shape index (κ1) is 11.4. The fourth-order valence-electron chi connectivity index (χ4n) is 2.29. The predicted octanol–water partition coefficient (Wildman–Crippen LogP) is 1.42. The van der Waals surface area contributed by atoms with Gasteiger partial charge in [0.1, 0.15) is 0 Å². The first-order valence-corrected chi connectivity index (χ1v) is 6.26. The molecule has 0 unspecified atom stereocenters. The minimum Gasteiger partial charge on any atom is -0.338 e. The maximum Gasteiger partial charge on any atom is 0.222 e. The largest absolute Gasteiger partial charge is 0.338 e. The van der Waals surface area contributed by atoms with Gasteiger partial charge in [-0.15, -0.1) is 5.73 Å². The maximum absolute atomic E-state index is 11.3. The van der Waals surface area contributed by atoms with Crippen LogP contribution >= 0.6 is 0 Å². The number of amides is 1. The van der Waals surface area contributed by atoms with Gasteiger partial charge in [-0.05, 0) is 44.5 Å². The molecule has 2 heterocycles. The van der Waals surface area contributed by atoms with Crippen molar-refractivity contribution < 1.29 is 4.79 Å². The van der Waals surface area contributed by atoms with Gasteiger partial charge in [-0.1, -0.05) is 0 Å². The average molecular weight is 220 g/mol. The molecule has 0 N–H and O–H groups in total. The summed E-state index contributed by atoms with van der Waals surface area (Å²) in [5.41, 5.74) is 3.17. The van der Waals surface area contributed by atoms with Crippen molar-refractivity contribution in [3.05, 3.63) is 17.9 Å². The molecule has 0 saturated carbocycles. The highest BCUT2D eigenvalue weighted by atomic mass is 16.2. The first-order chi connectivity index (χ1) is 7.86. The van der Waals surface area contributed by atoms with Gasteiger partial charge in [0.25, 0.3) is 0 Å². The average Bonchev–Trinajstić information content (AvgIpc) is 2.90. The van der Waals surface area contributed by atoms with E-state index in [1.54, 1.807) is 0 Å². The molecule has 2 aliphatic heterocycles. The van der Waals surface area contributed by atoms with Crippen LogP contribution < -0.4 is 0 Å². The Labute approximate surface area is 97.4 Å². The SMILES string of the molecule is O=C1CCCN1CC=C=CCN1CCCC1. The zero-order valence-electron chi connectivity index (χ0n) is 9.82. The summed E-state index contributed by atoms with van der Waals surface area (Å²) in [5, 5.41) is 0. The fraction of sp³-hybridized carbons (Fsp3) is 0.692. The lowest BCUT2D eigenvalue weighted by atomic mass is 10.4. The molecule has 2 fully saturated rings. The number of carbonyl (C=O) groups excluding carboxylic acids is 1. The molecule has 0 aromatic rings. The van der Waals surface area contributed by atoms with Gasteiger partial charge in [0.05, 0.1) is 0 Å². The highest BCUT2D eigenvalue weighted by Crippen LogP contribution is 2.08. The number of likely N-dealkylation sites (tertiary alicyclic amines) is 2. The molecule has 0 atom stereocenters. The molecule has 1 amide bonds. The summed E-state index contributed by atoms with van der Waals surface area (Å²) < 4.78 is 0. The van der Waals surface area contributed by atoms with Crippen LogP contribution in [0.25, 0.3) is 0 Å². The second-order valence-electron chi connectivity index (χ2n) is 4.53. The lowest BCUT2D eigenvalue weighted by Gasteiger charge is -2.11. The van der Waals surface area contributed by atoms with Gasteiger partial charge in [0.15, 0.2) is 0 Å². The Morgan fingerprint density at radius 2 is 1.81 bits per heavy atom.